The van der Waals surface area contributed by atoms with Gasteiger partial charge in [0, 0.05) is 29.9 Å². The van der Waals surface area contributed by atoms with Crippen LogP contribution in [0.15, 0.2) is 30.0 Å². The standard InChI is InChI=1S/C15H18ClNO2/c1-3-19-15(18)14(13-9-6-10-17(13)2)11-7-4-5-8-12(11)16/h4-5,7-8H,3,6,9-10H2,1-2H3. The van der Waals surface area contributed by atoms with Crippen molar-refractivity contribution in [3.63, 3.8) is 0 Å². The average molecular weight is 280 g/mol. The minimum Gasteiger partial charge on any atom is -0.462 e. The number of rotatable bonds is 3. The summed E-state index contributed by atoms with van der Waals surface area (Å²) in [5.41, 5.74) is 2.38. The van der Waals surface area contributed by atoms with Crippen molar-refractivity contribution in [1.29, 1.82) is 0 Å². The molecule has 1 aromatic rings. The second-order valence-corrected chi connectivity index (χ2v) is 4.95. The van der Waals surface area contributed by atoms with Crippen LogP contribution in [0.25, 0.3) is 5.57 Å². The van der Waals surface area contributed by atoms with Gasteiger partial charge in [-0.2, -0.15) is 0 Å². The van der Waals surface area contributed by atoms with E-state index < -0.39 is 0 Å². The molecular formula is C15H18ClNO2. The van der Waals surface area contributed by atoms with Gasteiger partial charge in [-0.3, -0.25) is 0 Å². The van der Waals surface area contributed by atoms with Crippen LogP contribution in [0.5, 0.6) is 0 Å². The molecule has 0 unspecified atom stereocenters. The van der Waals surface area contributed by atoms with Crippen molar-refractivity contribution in [3.8, 4) is 0 Å². The Bertz CT molecular complexity index is 511. The Morgan fingerprint density at radius 1 is 1.42 bits per heavy atom. The van der Waals surface area contributed by atoms with E-state index in [-0.39, 0.29) is 5.97 Å². The SMILES string of the molecule is CCOC(=O)C(=C1CCCN1C)c1ccccc1Cl. The molecule has 0 spiro atoms. The highest BCUT2D eigenvalue weighted by Gasteiger charge is 2.25. The van der Waals surface area contributed by atoms with Gasteiger partial charge in [-0.05, 0) is 25.8 Å². The van der Waals surface area contributed by atoms with Gasteiger partial charge in [-0.1, -0.05) is 29.8 Å². The number of carbonyl (C=O) groups is 1. The molecule has 0 amide bonds. The van der Waals surface area contributed by atoms with Gasteiger partial charge in [0.2, 0.25) is 0 Å². The number of nitrogens with zero attached hydrogens (tertiary/aromatic N) is 1. The van der Waals surface area contributed by atoms with Gasteiger partial charge in [0.15, 0.2) is 0 Å². The third-order valence-corrected chi connectivity index (χ3v) is 3.61. The molecule has 0 atom stereocenters. The van der Waals surface area contributed by atoms with E-state index in [1.54, 1.807) is 6.07 Å². The molecule has 3 nitrogen and oxygen atoms in total. The summed E-state index contributed by atoms with van der Waals surface area (Å²) in [5.74, 6) is -0.292. The number of likely N-dealkylation sites (tertiary alicyclic amines) is 1. The Hall–Kier alpha value is -1.48. The van der Waals surface area contributed by atoms with Gasteiger partial charge in [-0.25, -0.2) is 4.79 Å². The fourth-order valence-electron chi connectivity index (χ4n) is 2.38. The summed E-state index contributed by atoms with van der Waals surface area (Å²) in [7, 11) is 2.00. The highest BCUT2D eigenvalue weighted by atomic mass is 35.5. The predicted molar refractivity (Wildman–Crippen MR) is 76.9 cm³/mol. The number of esters is 1. The average Bonchev–Trinajstić information content (AvgIpc) is 2.79. The van der Waals surface area contributed by atoms with E-state index in [4.69, 9.17) is 16.3 Å². The first-order chi connectivity index (χ1) is 9.15. The predicted octanol–water partition coefficient (Wildman–Crippen LogP) is 3.34. The fourth-order valence-corrected chi connectivity index (χ4v) is 2.61. The molecule has 1 aromatic carbocycles. The van der Waals surface area contributed by atoms with E-state index in [1.807, 2.05) is 32.2 Å². The summed E-state index contributed by atoms with van der Waals surface area (Å²) in [6.07, 6.45) is 1.94. The molecule has 1 aliphatic rings. The molecule has 19 heavy (non-hydrogen) atoms. The van der Waals surface area contributed by atoms with E-state index in [0.717, 1.165) is 30.6 Å². The zero-order chi connectivity index (χ0) is 13.8. The molecule has 1 aliphatic heterocycles. The van der Waals surface area contributed by atoms with Crippen molar-refractivity contribution in [2.75, 3.05) is 20.2 Å². The molecule has 0 radical (unpaired) electrons. The maximum atomic E-state index is 12.3. The Kier molecular flexibility index (Phi) is 4.48. The lowest BCUT2D eigenvalue weighted by atomic mass is 10.0. The Morgan fingerprint density at radius 2 is 2.16 bits per heavy atom. The molecule has 0 bridgehead atoms. The molecule has 4 heteroatoms. The van der Waals surface area contributed by atoms with Gasteiger partial charge < -0.3 is 9.64 Å². The second-order valence-electron chi connectivity index (χ2n) is 4.55. The Morgan fingerprint density at radius 3 is 2.74 bits per heavy atom. The lowest BCUT2D eigenvalue weighted by Crippen LogP contribution is -2.17. The van der Waals surface area contributed by atoms with Crippen LogP contribution in [-0.2, 0) is 9.53 Å². The van der Waals surface area contributed by atoms with Crippen LogP contribution < -0.4 is 0 Å². The third kappa shape index (κ3) is 2.92. The zero-order valence-electron chi connectivity index (χ0n) is 11.3. The first-order valence-corrected chi connectivity index (χ1v) is 6.89. The van der Waals surface area contributed by atoms with Crippen molar-refractivity contribution >= 4 is 23.1 Å². The largest absolute Gasteiger partial charge is 0.462 e. The van der Waals surface area contributed by atoms with Crippen LogP contribution in [0, 0.1) is 0 Å². The summed E-state index contributed by atoms with van der Waals surface area (Å²) in [4.78, 5) is 14.4. The summed E-state index contributed by atoms with van der Waals surface area (Å²) < 4.78 is 5.19. The quantitative estimate of drug-likeness (QED) is 0.628. The minimum atomic E-state index is -0.292. The van der Waals surface area contributed by atoms with Gasteiger partial charge in [0.1, 0.15) is 0 Å². The van der Waals surface area contributed by atoms with Crippen molar-refractivity contribution in [1.82, 2.24) is 4.90 Å². The number of ether oxygens (including phenoxy) is 1. The third-order valence-electron chi connectivity index (χ3n) is 3.28. The summed E-state index contributed by atoms with van der Waals surface area (Å²) >= 11 is 6.23. The van der Waals surface area contributed by atoms with E-state index in [1.165, 1.54) is 0 Å². The Labute approximate surface area is 118 Å². The van der Waals surface area contributed by atoms with Crippen molar-refractivity contribution in [2.24, 2.45) is 0 Å². The number of carbonyl (C=O) groups excluding carboxylic acids is 1. The first-order valence-electron chi connectivity index (χ1n) is 6.51. The molecule has 1 heterocycles. The molecule has 2 rings (SSSR count). The molecular weight excluding hydrogens is 262 g/mol. The number of halogens is 1. The number of benzene rings is 1. The number of hydrogen-bond donors (Lipinski definition) is 0. The molecule has 1 saturated heterocycles. The highest BCUT2D eigenvalue weighted by molar-refractivity contribution is 6.34. The topological polar surface area (TPSA) is 29.5 Å². The van der Waals surface area contributed by atoms with Crippen molar-refractivity contribution in [3.05, 3.63) is 40.5 Å². The summed E-state index contributed by atoms with van der Waals surface area (Å²) in [5, 5.41) is 0.582. The van der Waals surface area contributed by atoms with E-state index in [9.17, 15) is 4.79 Å². The van der Waals surface area contributed by atoms with Gasteiger partial charge in [0.25, 0.3) is 0 Å². The molecule has 0 N–H and O–H groups in total. The van der Waals surface area contributed by atoms with Gasteiger partial charge in [0.05, 0.1) is 12.2 Å². The van der Waals surface area contributed by atoms with E-state index >= 15 is 0 Å². The lowest BCUT2D eigenvalue weighted by molar-refractivity contribution is -0.136. The minimum absolute atomic E-state index is 0.292. The fraction of sp³-hybridized carbons (Fsp3) is 0.400. The lowest BCUT2D eigenvalue weighted by Gasteiger charge is -2.18. The first kappa shape index (κ1) is 13.9. The van der Waals surface area contributed by atoms with Crippen LogP contribution in [0.3, 0.4) is 0 Å². The molecule has 0 aliphatic carbocycles. The maximum absolute atomic E-state index is 12.3. The molecule has 0 saturated carbocycles. The van der Waals surface area contributed by atoms with Gasteiger partial charge in [-0.15, -0.1) is 0 Å². The Balaban J connectivity index is 2.52. The maximum Gasteiger partial charge on any atom is 0.340 e. The second kappa shape index (κ2) is 6.11. The molecule has 1 fully saturated rings. The molecule has 102 valence electrons. The van der Waals surface area contributed by atoms with Crippen LogP contribution in [0.4, 0.5) is 0 Å². The highest BCUT2D eigenvalue weighted by Crippen LogP contribution is 2.33. The van der Waals surface area contributed by atoms with Gasteiger partial charge >= 0.3 is 5.97 Å². The van der Waals surface area contributed by atoms with Crippen molar-refractivity contribution in [2.45, 2.75) is 19.8 Å². The zero-order valence-corrected chi connectivity index (χ0v) is 12.0. The van der Waals surface area contributed by atoms with Crippen molar-refractivity contribution < 1.29 is 9.53 Å². The monoisotopic (exact) mass is 279 g/mol. The van der Waals surface area contributed by atoms with Crippen LogP contribution in [-0.4, -0.2) is 31.1 Å². The number of hydrogen-bond acceptors (Lipinski definition) is 3. The molecule has 0 aromatic heterocycles. The van der Waals surface area contributed by atoms with E-state index in [2.05, 4.69) is 4.90 Å². The summed E-state index contributed by atoms with van der Waals surface area (Å²) in [6, 6.07) is 7.41. The normalized spacial score (nSPS) is 17.5. The van der Waals surface area contributed by atoms with Crippen LogP contribution >= 0.6 is 11.6 Å². The van der Waals surface area contributed by atoms with E-state index in [0.29, 0.717) is 17.2 Å². The smallest absolute Gasteiger partial charge is 0.340 e. The summed E-state index contributed by atoms with van der Waals surface area (Å²) in [6.45, 7) is 3.14. The van der Waals surface area contributed by atoms with Crippen LogP contribution in [0.2, 0.25) is 5.02 Å². The van der Waals surface area contributed by atoms with Crippen LogP contribution in [0.1, 0.15) is 25.3 Å². The number of allylic oxidation sites excluding steroid dienone is 1.